The Labute approximate surface area is 188 Å². The average Bonchev–Trinajstić information content (AvgIpc) is 3.11. The number of rotatable bonds is 11. The highest BCUT2D eigenvalue weighted by Gasteiger charge is 2.28. The smallest absolute Gasteiger partial charge is 0.407 e. The molecule has 2 aromatic carbocycles. The van der Waals surface area contributed by atoms with E-state index in [4.69, 9.17) is 9.84 Å². The van der Waals surface area contributed by atoms with Crippen LogP contribution in [0.2, 0.25) is 0 Å². The lowest BCUT2D eigenvalue weighted by Crippen LogP contribution is -2.35. The van der Waals surface area contributed by atoms with Gasteiger partial charge < -0.3 is 20.1 Å². The lowest BCUT2D eigenvalue weighted by molar-refractivity contribution is -0.144. The Morgan fingerprint density at radius 2 is 1.59 bits per heavy atom. The Kier molecular flexibility index (Phi) is 8.25. The quantitative estimate of drug-likeness (QED) is 0.517. The van der Waals surface area contributed by atoms with Gasteiger partial charge in [0, 0.05) is 25.4 Å². The third kappa shape index (κ3) is 5.87. The third-order valence-corrected chi connectivity index (χ3v) is 5.74. The van der Waals surface area contributed by atoms with Crippen molar-refractivity contribution >= 4 is 18.0 Å². The zero-order valence-electron chi connectivity index (χ0n) is 18.4. The highest BCUT2D eigenvalue weighted by atomic mass is 16.5. The first-order chi connectivity index (χ1) is 15.5. The zero-order valence-corrected chi connectivity index (χ0v) is 18.4. The number of aliphatic carboxylic acids is 1. The molecule has 0 spiro atoms. The van der Waals surface area contributed by atoms with Gasteiger partial charge in [0.05, 0.1) is 0 Å². The Hall–Kier alpha value is -3.35. The molecular formula is C25H30N2O5. The Bertz CT molecular complexity index is 913. The maximum atomic E-state index is 12.1. The number of unbranched alkanes of at least 4 members (excludes halogenated alkanes) is 2. The van der Waals surface area contributed by atoms with E-state index in [1.807, 2.05) is 24.3 Å². The molecule has 0 fully saturated rings. The van der Waals surface area contributed by atoms with Gasteiger partial charge in [-0.3, -0.25) is 9.59 Å². The average molecular weight is 439 g/mol. The molecular weight excluding hydrogens is 408 g/mol. The van der Waals surface area contributed by atoms with Gasteiger partial charge in [-0.2, -0.15) is 0 Å². The fourth-order valence-electron chi connectivity index (χ4n) is 4.12. The van der Waals surface area contributed by atoms with Crippen molar-refractivity contribution in [3.05, 3.63) is 59.7 Å². The van der Waals surface area contributed by atoms with Crippen LogP contribution in [0.3, 0.4) is 0 Å². The predicted molar refractivity (Wildman–Crippen MR) is 121 cm³/mol. The van der Waals surface area contributed by atoms with Crippen LogP contribution in [-0.2, 0) is 14.3 Å². The SMILES string of the molecule is CCN(CC(=O)O)C(=O)CCCCCNC(=O)OCC1c2ccccc2-c2ccccc21. The predicted octanol–water partition coefficient (Wildman–Crippen LogP) is 4.02. The molecule has 1 aliphatic carbocycles. The first-order valence-electron chi connectivity index (χ1n) is 11.1. The van der Waals surface area contributed by atoms with Crippen molar-refractivity contribution in [1.82, 2.24) is 10.2 Å². The lowest BCUT2D eigenvalue weighted by Gasteiger charge is -2.18. The number of alkyl carbamates (subject to hydrolysis) is 1. The minimum absolute atomic E-state index is 0.0338. The molecule has 170 valence electrons. The number of fused-ring (bicyclic) bond motifs is 3. The number of likely N-dealkylation sites (N-methyl/N-ethyl adjacent to an activating group) is 1. The summed E-state index contributed by atoms with van der Waals surface area (Å²) in [5, 5.41) is 11.6. The fourth-order valence-corrected chi connectivity index (χ4v) is 4.12. The number of carbonyl (C=O) groups excluding carboxylic acids is 2. The maximum absolute atomic E-state index is 12.1. The minimum atomic E-state index is -1.01. The summed E-state index contributed by atoms with van der Waals surface area (Å²) in [6, 6.07) is 16.4. The number of carboxylic acid groups (broad SMARTS) is 1. The molecule has 0 atom stereocenters. The Morgan fingerprint density at radius 1 is 0.969 bits per heavy atom. The topological polar surface area (TPSA) is 95.9 Å². The van der Waals surface area contributed by atoms with Crippen molar-refractivity contribution < 1.29 is 24.2 Å². The van der Waals surface area contributed by atoms with E-state index in [0.717, 1.165) is 12.8 Å². The van der Waals surface area contributed by atoms with Crippen LogP contribution in [0.4, 0.5) is 4.79 Å². The molecule has 0 bridgehead atoms. The van der Waals surface area contributed by atoms with Gasteiger partial charge >= 0.3 is 12.1 Å². The number of ether oxygens (including phenoxy) is 1. The van der Waals surface area contributed by atoms with Crippen molar-refractivity contribution in [2.75, 3.05) is 26.2 Å². The zero-order chi connectivity index (χ0) is 22.9. The molecule has 7 heteroatoms. The van der Waals surface area contributed by atoms with Crippen LogP contribution in [0, 0.1) is 0 Å². The molecule has 0 aromatic heterocycles. The van der Waals surface area contributed by atoms with Crippen LogP contribution >= 0.6 is 0 Å². The normalized spacial score (nSPS) is 12.0. The van der Waals surface area contributed by atoms with E-state index in [1.54, 1.807) is 6.92 Å². The summed E-state index contributed by atoms with van der Waals surface area (Å²) in [7, 11) is 0. The second-order valence-electron chi connectivity index (χ2n) is 7.86. The van der Waals surface area contributed by atoms with E-state index >= 15 is 0 Å². The number of amides is 2. The molecule has 32 heavy (non-hydrogen) atoms. The van der Waals surface area contributed by atoms with Crippen LogP contribution in [0.5, 0.6) is 0 Å². The first-order valence-corrected chi connectivity index (χ1v) is 11.1. The second-order valence-corrected chi connectivity index (χ2v) is 7.86. The van der Waals surface area contributed by atoms with E-state index in [1.165, 1.54) is 27.2 Å². The van der Waals surface area contributed by atoms with Gasteiger partial charge in [-0.25, -0.2) is 4.79 Å². The van der Waals surface area contributed by atoms with E-state index in [9.17, 15) is 14.4 Å². The van der Waals surface area contributed by atoms with Gasteiger partial charge in [0.2, 0.25) is 5.91 Å². The lowest BCUT2D eigenvalue weighted by atomic mass is 9.98. The van der Waals surface area contributed by atoms with Crippen LogP contribution in [0.15, 0.2) is 48.5 Å². The second kappa shape index (κ2) is 11.3. The molecule has 0 saturated carbocycles. The number of carbonyl (C=O) groups is 3. The molecule has 7 nitrogen and oxygen atoms in total. The molecule has 0 heterocycles. The minimum Gasteiger partial charge on any atom is -0.480 e. The summed E-state index contributed by atoms with van der Waals surface area (Å²) in [6.07, 6.45) is 2.01. The van der Waals surface area contributed by atoms with Crippen LogP contribution in [0.1, 0.15) is 49.7 Å². The number of carboxylic acids is 1. The van der Waals surface area contributed by atoms with E-state index in [2.05, 4.69) is 29.6 Å². The standard InChI is InChI=1S/C25H30N2O5/c1-2-27(16-24(29)30)23(28)14-4-3-9-15-26-25(31)32-17-22-20-12-7-5-10-18(20)19-11-6-8-13-21(19)22/h5-8,10-13,22H,2-4,9,14-17H2,1H3,(H,26,31)(H,29,30). The molecule has 0 saturated heterocycles. The summed E-state index contributed by atoms with van der Waals surface area (Å²) in [5.74, 6) is -1.13. The maximum Gasteiger partial charge on any atom is 0.407 e. The van der Waals surface area contributed by atoms with Gasteiger partial charge in [0.1, 0.15) is 13.2 Å². The Balaban J connectivity index is 1.36. The van der Waals surface area contributed by atoms with Gasteiger partial charge in [-0.05, 0) is 42.0 Å². The highest BCUT2D eigenvalue weighted by Crippen LogP contribution is 2.44. The number of nitrogens with zero attached hydrogens (tertiary/aromatic N) is 1. The van der Waals surface area contributed by atoms with Crippen molar-refractivity contribution in [2.24, 2.45) is 0 Å². The van der Waals surface area contributed by atoms with Crippen molar-refractivity contribution in [2.45, 2.75) is 38.5 Å². The summed E-state index contributed by atoms with van der Waals surface area (Å²) in [4.78, 5) is 36.3. The summed E-state index contributed by atoms with van der Waals surface area (Å²) in [6.45, 7) is 2.63. The van der Waals surface area contributed by atoms with Crippen molar-refractivity contribution in [1.29, 1.82) is 0 Å². The van der Waals surface area contributed by atoms with Crippen LogP contribution in [-0.4, -0.2) is 54.2 Å². The third-order valence-electron chi connectivity index (χ3n) is 5.74. The molecule has 3 rings (SSSR count). The molecule has 2 amide bonds. The molecule has 1 aliphatic rings. The first kappa shape index (κ1) is 23.3. The van der Waals surface area contributed by atoms with Gasteiger partial charge in [-0.15, -0.1) is 0 Å². The highest BCUT2D eigenvalue weighted by molar-refractivity contribution is 5.81. The Morgan fingerprint density at radius 3 is 2.19 bits per heavy atom. The molecule has 0 radical (unpaired) electrons. The number of hydrogen-bond donors (Lipinski definition) is 2. The summed E-state index contributed by atoms with van der Waals surface area (Å²) < 4.78 is 5.50. The molecule has 2 N–H and O–H groups in total. The number of hydrogen-bond acceptors (Lipinski definition) is 4. The van der Waals surface area contributed by atoms with Gasteiger partial charge in [0.15, 0.2) is 0 Å². The number of nitrogens with one attached hydrogen (secondary N) is 1. The van der Waals surface area contributed by atoms with Crippen molar-refractivity contribution in [3.8, 4) is 11.1 Å². The van der Waals surface area contributed by atoms with Crippen LogP contribution in [0.25, 0.3) is 11.1 Å². The van der Waals surface area contributed by atoms with Crippen LogP contribution < -0.4 is 5.32 Å². The summed E-state index contributed by atoms with van der Waals surface area (Å²) in [5.41, 5.74) is 4.73. The largest absolute Gasteiger partial charge is 0.480 e. The fraction of sp³-hybridized carbons (Fsp3) is 0.400. The number of benzene rings is 2. The van der Waals surface area contributed by atoms with Gasteiger partial charge in [-0.1, -0.05) is 55.0 Å². The molecule has 0 unspecified atom stereocenters. The molecule has 2 aromatic rings. The van der Waals surface area contributed by atoms with Crippen molar-refractivity contribution in [3.63, 3.8) is 0 Å². The summed E-state index contributed by atoms with van der Waals surface area (Å²) >= 11 is 0. The van der Waals surface area contributed by atoms with E-state index in [-0.39, 0.29) is 25.0 Å². The monoisotopic (exact) mass is 438 g/mol. The molecule has 0 aliphatic heterocycles. The van der Waals surface area contributed by atoms with Gasteiger partial charge in [0.25, 0.3) is 0 Å². The van der Waals surface area contributed by atoms with E-state index < -0.39 is 12.1 Å². The van der Waals surface area contributed by atoms with E-state index in [0.29, 0.717) is 25.9 Å².